The van der Waals surface area contributed by atoms with Gasteiger partial charge in [0, 0.05) is 17.8 Å². The van der Waals surface area contributed by atoms with Crippen LogP contribution in [0.4, 0.5) is 0 Å². The molecule has 148 valence electrons. The molecule has 0 unspecified atom stereocenters. The molecule has 0 fully saturated rings. The number of likely N-dealkylation sites (N-methyl/N-ethyl adjacent to an activating group) is 1. The second-order valence-electron chi connectivity index (χ2n) is 5.98. The van der Waals surface area contributed by atoms with E-state index >= 15 is 0 Å². The minimum Gasteiger partial charge on any atom is -0.489 e. The number of halogens is 3. The van der Waals surface area contributed by atoms with Gasteiger partial charge in [-0.15, -0.1) is 0 Å². The summed E-state index contributed by atoms with van der Waals surface area (Å²) in [6.07, 6.45) is 0. The van der Waals surface area contributed by atoms with Gasteiger partial charge in [0.25, 0.3) is 0 Å². The third kappa shape index (κ3) is 4.99. The Balaban J connectivity index is 1.68. The molecule has 0 bridgehead atoms. The molecule has 0 amide bonds. The van der Waals surface area contributed by atoms with Gasteiger partial charge in [0.05, 0.1) is 29.4 Å². The van der Waals surface area contributed by atoms with Crippen molar-refractivity contribution in [3.05, 3.63) is 63.4 Å². The molecular formula is C20H19Cl3N2O3. The standard InChI is InChI=1S/C20H19Cl3N2O3/c1-25(26-2)10-11-27-18-9-6-13(24-20(18)23)12-28-17-5-3-4-15-14(17)7-8-16(21)19(15)22/h3-9H,10-12H2,1-2H3. The van der Waals surface area contributed by atoms with Crippen LogP contribution in [0, 0.1) is 0 Å². The molecule has 8 heteroatoms. The molecule has 0 N–H and O–H groups in total. The fraction of sp³-hybridized carbons (Fsp3) is 0.250. The summed E-state index contributed by atoms with van der Waals surface area (Å²) in [5.41, 5.74) is 0.684. The van der Waals surface area contributed by atoms with Gasteiger partial charge >= 0.3 is 0 Å². The lowest BCUT2D eigenvalue weighted by Crippen LogP contribution is -2.23. The summed E-state index contributed by atoms with van der Waals surface area (Å²) in [5, 5.41) is 4.67. The predicted molar refractivity (Wildman–Crippen MR) is 113 cm³/mol. The largest absolute Gasteiger partial charge is 0.489 e. The van der Waals surface area contributed by atoms with Crippen LogP contribution in [0.3, 0.4) is 0 Å². The van der Waals surface area contributed by atoms with Crippen molar-refractivity contribution in [1.29, 1.82) is 0 Å². The van der Waals surface area contributed by atoms with Crippen LogP contribution < -0.4 is 9.47 Å². The van der Waals surface area contributed by atoms with Crippen molar-refractivity contribution in [2.45, 2.75) is 6.61 Å². The second-order valence-corrected chi connectivity index (χ2v) is 7.12. The average Bonchev–Trinajstić information content (AvgIpc) is 2.70. The fourth-order valence-electron chi connectivity index (χ4n) is 2.57. The molecule has 5 nitrogen and oxygen atoms in total. The Morgan fingerprint density at radius 2 is 1.75 bits per heavy atom. The van der Waals surface area contributed by atoms with Crippen molar-refractivity contribution < 1.29 is 14.3 Å². The van der Waals surface area contributed by atoms with E-state index in [4.69, 9.17) is 49.1 Å². The third-order valence-corrected chi connectivity index (χ3v) is 5.22. The fourth-order valence-corrected chi connectivity index (χ4v) is 3.18. The molecule has 0 saturated heterocycles. The predicted octanol–water partition coefficient (Wildman–Crippen LogP) is 5.65. The molecule has 1 heterocycles. The van der Waals surface area contributed by atoms with Crippen LogP contribution in [0.25, 0.3) is 10.8 Å². The van der Waals surface area contributed by atoms with E-state index < -0.39 is 0 Å². The average molecular weight is 442 g/mol. The zero-order chi connectivity index (χ0) is 20.1. The number of pyridine rings is 1. The maximum Gasteiger partial charge on any atom is 0.171 e. The van der Waals surface area contributed by atoms with Crippen LogP contribution in [-0.2, 0) is 11.4 Å². The summed E-state index contributed by atoms with van der Waals surface area (Å²) in [6.45, 7) is 1.29. The first kappa shape index (κ1) is 21.0. The van der Waals surface area contributed by atoms with Crippen molar-refractivity contribution in [3.63, 3.8) is 0 Å². The van der Waals surface area contributed by atoms with E-state index in [9.17, 15) is 0 Å². The SMILES string of the molecule is CON(C)CCOc1ccc(COc2cccc3c(Cl)c(Cl)ccc23)nc1Cl. The number of fused-ring (bicyclic) bond motifs is 1. The van der Waals surface area contributed by atoms with E-state index in [1.165, 1.54) is 0 Å². The van der Waals surface area contributed by atoms with Crippen LogP contribution in [0.15, 0.2) is 42.5 Å². The number of aromatic nitrogens is 1. The number of ether oxygens (including phenoxy) is 2. The summed E-state index contributed by atoms with van der Waals surface area (Å²) >= 11 is 18.6. The highest BCUT2D eigenvalue weighted by atomic mass is 35.5. The van der Waals surface area contributed by atoms with Crippen LogP contribution in [0.2, 0.25) is 15.2 Å². The van der Waals surface area contributed by atoms with Crippen molar-refractivity contribution in [1.82, 2.24) is 10.0 Å². The molecule has 0 aliphatic carbocycles. The highest BCUT2D eigenvalue weighted by molar-refractivity contribution is 6.45. The van der Waals surface area contributed by atoms with Gasteiger partial charge in [-0.3, -0.25) is 0 Å². The Morgan fingerprint density at radius 1 is 0.929 bits per heavy atom. The van der Waals surface area contributed by atoms with Gasteiger partial charge < -0.3 is 14.3 Å². The van der Waals surface area contributed by atoms with Crippen molar-refractivity contribution in [2.75, 3.05) is 27.3 Å². The van der Waals surface area contributed by atoms with Crippen LogP contribution in [0.5, 0.6) is 11.5 Å². The van der Waals surface area contributed by atoms with Gasteiger partial charge in [-0.05, 0) is 30.3 Å². The van der Waals surface area contributed by atoms with E-state index in [1.54, 1.807) is 24.3 Å². The summed E-state index contributed by atoms with van der Waals surface area (Å²) < 4.78 is 11.6. The molecule has 1 aromatic heterocycles. The van der Waals surface area contributed by atoms with Crippen molar-refractivity contribution >= 4 is 45.6 Å². The molecule has 0 radical (unpaired) electrons. The van der Waals surface area contributed by atoms with Gasteiger partial charge in [-0.1, -0.05) is 46.9 Å². The van der Waals surface area contributed by atoms with Crippen LogP contribution in [-0.4, -0.2) is 37.4 Å². The zero-order valence-electron chi connectivity index (χ0n) is 15.4. The molecule has 0 saturated carbocycles. The topological polar surface area (TPSA) is 43.8 Å². The maximum atomic E-state index is 6.28. The summed E-state index contributed by atoms with van der Waals surface area (Å²) in [4.78, 5) is 9.37. The Labute approximate surface area is 178 Å². The summed E-state index contributed by atoms with van der Waals surface area (Å²) in [5.74, 6) is 1.21. The molecular weight excluding hydrogens is 423 g/mol. The number of nitrogens with zero attached hydrogens (tertiary/aromatic N) is 2. The first-order valence-electron chi connectivity index (χ1n) is 8.52. The van der Waals surface area contributed by atoms with Gasteiger partial charge in [0.1, 0.15) is 19.0 Å². The van der Waals surface area contributed by atoms with Crippen LogP contribution in [0.1, 0.15) is 5.69 Å². The summed E-state index contributed by atoms with van der Waals surface area (Å²) in [7, 11) is 3.42. The van der Waals surface area contributed by atoms with Gasteiger partial charge in [-0.25, -0.2) is 4.98 Å². The minimum atomic E-state index is 0.256. The van der Waals surface area contributed by atoms with Crippen LogP contribution >= 0.6 is 34.8 Å². The molecule has 3 rings (SSSR count). The smallest absolute Gasteiger partial charge is 0.171 e. The third-order valence-electron chi connectivity index (χ3n) is 4.13. The first-order chi connectivity index (χ1) is 13.5. The number of hydroxylamine groups is 2. The van der Waals surface area contributed by atoms with E-state index in [0.717, 1.165) is 10.8 Å². The Morgan fingerprint density at radius 3 is 2.50 bits per heavy atom. The molecule has 0 aliphatic heterocycles. The Bertz CT molecular complexity index is 969. The van der Waals surface area contributed by atoms with E-state index in [-0.39, 0.29) is 11.8 Å². The number of hydrogen-bond acceptors (Lipinski definition) is 5. The minimum absolute atomic E-state index is 0.256. The summed E-state index contributed by atoms with van der Waals surface area (Å²) in [6, 6.07) is 12.9. The maximum absolute atomic E-state index is 6.28. The highest BCUT2D eigenvalue weighted by Crippen LogP contribution is 2.35. The zero-order valence-corrected chi connectivity index (χ0v) is 17.7. The van der Waals surface area contributed by atoms with Crippen molar-refractivity contribution in [3.8, 4) is 11.5 Å². The lowest BCUT2D eigenvalue weighted by molar-refractivity contribution is -0.113. The molecule has 0 atom stereocenters. The van der Waals surface area contributed by atoms with Gasteiger partial charge in [0.2, 0.25) is 0 Å². The molecule has 3 aromatic rings. The Kier molecular flexibility index (Phi) is 7.21. The molecule has 0 aliphatic rings. The molecule has 2 aromatic carbocycles. The quantitative estimate of drug-likeness (QED) is 0.334. The van der Waals surface area contributed by atoms with E-state index in [0.29, 0.717) is 40.4 Å². The monoisotopic (exact) mass is 440 g/mol. The normalized spacial score (nSPS) is 11.2. The Hall–Kier alpha value is -1.76. The molecule has 0 spiro atoms. The second kappa shape index (κ2) is 9.63. The lowest BCUT2D eigenvalue weighted by Gasteiger charge is -2.14. The molecule has 28 heavy (non-hydrogen) atoms. The number of benzene rings is 2. The van der Waals surface area contributed by atoms with E-state index in [1.807, 2.05) is 37.4 Å². The number of rotatable bonds is 8. The van der Waals surface area contributed by atoms with E-state index in [2.05, 4.69) is 4.98 Å². The first-order valence-corrected chi connectivity index (χ1v) is 9.66. The van der Waals surface area contributed by atoms with Crippen molar-refractivity contribution in [2.24, 2.45) is 0 Å². The lowest BCUT2D eigenvalue weighted by atomic mass is 10.1. The van der Waals surface area contributed by atoms with Gasteiger partial charge in [-0.2, -0.15) is 5.06 Å². The number of hydrogen-bond donors (Lipinski definition) is 0. The van der Waals surface area contributed by atoms with Gasteiger partial charge in [0.15, 0.2) is 10.9 Å². The highest BCUT2D eigenvalue weighted by Gasteiger charge is 2.10.